The van der Waals surface area contributed by atoms with Crippen molar-refractivity contribution in [3.05, 3.63) is 34.9 Å². The summed E-state index contributed by atoms with van der Waals surface area (Å²) in [5, 5.41) is 3.26. The number of carbonyl (C=O) groups is 2. The molecule has 0 aliphatic carbocycles. The predicted molar refractivity (Wildman–Crippen MR) is 70.3 cm³/mol. The summed E-state index contributed by atoms with van der Waals surface area (Å²) >= 11 is 5.75. The van der Waals surface area contributed by atoms with E-state index in [4.69, 9.17) is 17.3 Å². The molecule has 0 saturated heterocycles. The molecule has 3 N–H and O–H groups in total. The van der Waals surface area contributed by atoms with Crippen molar-refractivity contribution in [2.24, 2.45) is 5.73 Å². The Morgan fingerprint density at radius 1 is 1.33 bits per heavy atom. The van der Waals surface area contributed by atoms with Crippen LogP contribution in [0.15, 0.2) is 24.3 Å². The molecule has 0 aliphatic rings. The van der Waals surface area contributed by atoms with Gasteiger partial charge >= 0.3 is 12.1 Å². The SMILES string of the molecule is CCCN(C(N)=O)C(=O)NCc1ccc(Cl)cc1. The number of benzene rings is 1. The van der Waals surface area contributed by atoms with Crippen LogP contribution in [0.2, 0.25) is 5.02 Å². The zero-order chi connectivity index (χ0) is 13.5. The second-order valence-corrected chi connectivity index (χ2v) is 4.21. The molecule has 0 unspecified atom stereocenters. The molecule has 4 amide bonds. The summed E-state index contributed by atoms with van der Waals surface area (Å²) in [5.41, 5.74) is 6.02. The quantitative estimate of drug-likeness (QED) is 0.880. The average Bonchev–Trinajstić information content (AvgIpc) is 2.34. The van der Waals surface area contributed by atoms with Gasteiger partial charge in [-0.15, -0.1) is 0 Å². The smallest absolute Gasteiger partial charge is 0.325 e. The van der Waals surface area contributed by atoms with Crippen molar-refractivity contribution in [2.75, 3.05) is 6.54 Å². The fraction of sp³-hybridized carbons (Fsp3) is 0.333. The second-order valence-electron chi connectivity index (χ2n) is 3.78. The zero-order valence-corrected chi connectivity index (χ0v) is 10.9. The van der Waals surface area contributed by atoms with Gasteiger partial charge in [-0.1, -0.05) is 30.7 Å². The predicted octanol–water partition coefficient (Wildman–Crippen LogP) is 2.34. The van der Waals surface area contributed by atoms with Crippen molar-refractivity contribution in [1.82, 2.24) is 10.2 Å². The first-order chi connectivity index (χ1) is 8.54. The number of imide groups is 1. The van der Waals surface area contributed by atoms with Crippen molar-refractivity contribution >= 4 is 23.7 Å². The lowest BCUT2D eigenvalue weighted by Crippen LogP contribution is -2.46. The van der Waals surface area contributed by atoms with E-state index in [9.17, 15) is 9.59 Å². The van der Waals surface area contributed by atoms with Crippen LogP contribution >= 0.6 is 11.6 Å². The van der Waals surface area contributed by atoms with Gasteiger partial charge in [0.15, 0.2) is 0 Å². The summed E-state index contributed by atoms with van der Waals surface area (Å²) in [4.78, 5) is 23.7. The Bertz CT molecular complexity index is 420. The maximum atomic E-state index is 11.7. The van der Waals surface area contributed by atoms with Crippen molar-refractivity contribution in [3.8, 4) is 0 Å². The monoisotopic (exact) mass is 269 g/mol. The number of nitrogens with two attached hydrogens (primary N) is 1. The van der Waals surface area contributed by atoms with E-state index in [1.165, 1.54) is 0 Å². The Balaban J connectivity index is 2.53. The summed E-state index contributed by atoms with van der Waals surface area (Å²) in [5.74, 6) is 0. The van der Waals surface area contributed by atoms with Crippen LogP contribution in [-0.2, 0) is 6.54 Å². The number of halogens is 1. The van der Waals surface area contributed by atoms with E-state index >= 15 is 0 Å². The zero-order valence-electron chi connectivity index (χ0n) is 10.1. The summed E-state index contributed by atoms with van der Waals surface area (Å²) in [6.45, 7) is 2.49. The van der Waals surface area contributed by atoms with Gasteiger partial charge in [0.25, 0.3) is 0 Å². The van der Waals surface area contributed by atoms with E-state index in [0.29, 0.717) is 24.5 Å². The molecule has 0 spiro atoms. The van der Waals surface area contributed by atoms with E-state index in [1.807, 2.05) is 6.92 Å². The fourth-order valence-electron chi connectivity index (χ4n) is 1.41. The van der Waals surface area contributed by atoms with E-state index in [2.05, 4.69) is 5.32 Å². The number of rotatable bonds is 4. The van der Waals surface area contributed by atoms with Crippen molar-refractivity contribution in [3.63, 3.8) is 0 Å². The fourth-order valence-corrected chi connectivity index (χ4v) is 1.54. The van der Waals surface area contributed by atoms with Gasteiger partial charge in [0.05, 0.1) is 0 Å². The standard InChI is InChI=1S/C12H16ClN3O2/c1-2-7-16(11(14)17)12(18)15-8-9-3-5-10(13)6-4-9/h3-6H,2,7-8H2,1H3,(H2,14,17)(H,15,18). The van der Waals surface area contributed by atoms with Crippen LogP contribution in [0.1, 0.15) is 18.9 Å². The maximum Gasteiger partial charge on any atom is 0.325 e. The molecule has 0 saturated carbocycles. The molecule has 0 aliphatic heterocycles. The summed E-state index contributed by atoms with van der Waals surface area (Å²) < 4.78 is 0. The molecule has 98 valence electrons. The normalized spacial score (nSPS) is 9.89. The molecule has 18 heavy (non-hydrogen) atoms. The third-order valence-corrected chi connectivity index (χ3v) is 2.57. The third-order valence-electron chi connectivity index (χ3n) is 2.32. The van der Waals surface area contributed by atoms with Gasteiger partial charge in [-0.3, -0.25) is 0 Å². The van der Waals surface area contributed by atoms with Gasteiger partial charge < -0.3 is 11.1 Å². The minimum atomic E-state index is -0.745. The van der Waals surface area contributed by atoms with Crippen LogP contribution in [0, 0.1) is 0 Å². The van der Waals surface area contributed by atoms with Crippen molar-refractivity contribution < 1.29 is 9.59 Å². The largest absolute Gasteiger partial charge is 0.351 e. The third kappa shape index (κ3) is 4.25. The van der Waals surface area contributed by atoms with Crippen LogP contribution in [0.25, 0.3) is 0 Å². The van der Waals surface area contributed by atoms with Crippen molar-refractivity contribution in [2.45, 2.75) is 19.9 Å². The molecule has 0 atom stereocenters. The van der Waals surface area contributed by atoms with E-state index < -0.39 is 12.1 Å². The van der Waals surface area contributed by atoms with E-state index in [1.54, 1.807) is 24.3 Å². The number of nitrogens with zero attached hydrogens (tertiary/aromatic N) is 1. The molecular weight excluding hydrogens is 254 g/mol. The lowest BCUT2D eigenvalue weighted by atomic mass is 10.2. The lowest BCUT2D eigenvalue weighted by molar-refractivity contribution is 0.191. The first-order valence-corrected chi connectivity index (χ1v) is 6.01. The number of primary amides is 1. The first kappa shape index (κ1) is 14.3. The van der Waals surface area contributed by atoms with Gasteiger partial charge in [-0.25, -0.2) is 14.5 Å². The van der Waals surface area contributed by atoms with Gasteiger partial charge in [0.2, 0.25) is 0 Å². The molecule has 1 aromatic rings. The molecule has 0 aromatic heterocycles. The molecule has 6 heteroatoms. The van der Waals surface area contributed by atoms with E-state index in [-0.39, 0.29) is 0 Å². The number of urea groups is 2. The van der Waals surface area contributed by atoms with Crippen LogP contribution in [0.5, 0.6) is 0 Å². The highest BCUT2D eigenvalue weighted by Crippen LogP contribution is 2.09. The summed E-state index contributed by atoms with van der Waals surface area (Å²) in [7, 11) is 0. The van der Waals surface area contributed by atoms with Gasteiger partial charge in [-0.05, 0) is 24.1 Å². The Hall–Kier alpha value is -1.75. The minimum absolute atomic E-state index is 0.307. The van der Waals surface area contributed by atoms with Crippen LogP contribution in [0.3, 0.4) is 0 Å². The molecule has 1 aromatic carbocycles. The topological polar surface area (TPSA) is 75.4 Å². The molecular formula is C12H16ClN3O2. The maximum absolute atomic E-state index is 11.7. The van der Waals surface area contributed by atoms with E-state index in [0.717, 1.165) is 10.5 Å². The Labute approximate surface area is 111 Å². The number of nitrogens with one attached hydrogen (secondary N) is 1. The number of carbonyl (C=O) groups excluding carboxylic acids is 2. The number of hydrogen-bond donors (Lipinski definition) is 2. The molecule has 0 radical (unpaired) electrons. The molecule has 0 fully saturated rings. The molecule has 5 nitrogen and oxygen atoms in total. The van der Waals surface area contributed by atoms with Crippen LogP contribution < -0.4 is 11.1 Å². The average molecular weight is 270 g/mol. The highest BCUT2D eigenvalue weighted by Gasteiger charge is 2.16. The Kier molecular flexibility index (Phi) is 5.45. The lowest BCUT2D eigenvalue weighted by Gasteiger charge is -2.18. The number of amides is 4. The summed E-state index contributed by atoms with van der Waals surface area (Å²) in [6, 6.07) is 5.85. The summed E-state index contributed by atoms with van der Waals surface area (Å²) in [6.07, 6.45) is 0.664. The molecule has 0 bridgehead atoms. The van der Waals surface area contributed by atoms with Gasteiger partial charge in [-0.2, -0.15) is 0 Å². The molecule has 0 heterocycles. The van der Waals surface area contributed by atoms with Gasteiger partial charge in [0.1, 0.15) is 0 Å². The number of hydrogen-bond acceptors (Lipinski definition) is 2. The first-order valence-electron chi connectivity index (χ1n) is 5.63. The van der Waals surface area contributed by atoms with Crippen molar-refractivity contribution in [1.29, 1.82) is 0 Å². The van der Waals surface area contributed by atoms with Gasteiger partial charge in [0, 0.05) is 18.1 Å². The highest BCUT2D eigenvalue weighted by atomic mass is 35.5. The Morgan fingerprint density at radius 3 is 2.44 bits per heavy atom. The second kappa shape index (κ2) is 6.86. The highest BCUT2D eigenvalue weighted by molar-refractivity contribution is 6.30. The van der Waals surface area contributed by atoms with Crippen LogP contribution in [0.4, 0.5) is 9.59 Å². The molecule has 1 rings (SSSR count). The minimum Gasteiger partial charge on any atom is -0.351 e. The Morgan fingerprint density at radius 2 is 1.94 bits per heavy atom. The van der Waals surface area contributed by atoms with Crippen LogP contribution in [-0.4, -0.2) is 23.5 Å².